The minimum atomic E-state index is -1.64. The van der Waals surface area contributed by atoms with Crippen molar-refractivity contribution in [3.63, 3.8) is 0 Å². The van der Waals surface area contributed by atoms with E-state index in [1.165, 1.54) is 6.92 Å². The van der Waals surface area contributed by atoms with Gasteiger partial charge in [0.25, 0.3) is 0 Å². The Labute approximate surface area is 316 Å². The highest BCUT2D eigenvalue weighted by molar-refractivity contribution is 5.73. The maximum Gasteiger partial charge on any atom is 0.311 e. The van der Waals surface area contributed by atoms with Gasteiger partial charge in [-0.1, -0.05) is 27.7 Å². The van der Waals surface area contributed by atoms with Gasteiger partial charge in [0.15, 0.2) is 12.6 Å². The number of ether oxygens (including phenoxy) is 6. The largest absolute Gasteiger partial charge is 0.430 e. The first kappa shape index (κ1) is 39.8. The summed E-state index contributed by atoms with van der Waals surface area (Å²) in [6.45, 7) is 9.34. The molecule has 0 aromatic carbocycles. The molecular formula is C39H62O15. The van der Waals surface area contributed by atoms with Gasteiger partial charge in [0, 0.05) is 11.8 Å². The number of carbonyl (C=O) groups is 1. The van der Waals surface area contributed by atoms with Crippen molar-refractivity contribution in [1.82, 2.24) is 0 Å². The third-order valence-electron chi connectivity index (χ3n) is 16.2. The summed E-state index contributed by atoms with van der Waals surface area (Å²) in [7, 11) is 0. The van der Waals surface area contributed by atoms with Crippen LogP contribution >= 0.6 is 0 Å². The zero-order valence-electron chi connectivity index (χ0n) is 31.9. The number of hydrogen-bond acceptors (Lipinski definition) is 15. The van der Waals surface area contributed by atoms with Crippen molar-refractivity contribution in [1.29, 1.82) is 0 Å². The number of carbonyl (C=O) groups excluding carboxylic acids is 1. The van der Waals surface area contributed by atoms with E-state index in [2.05, 4.69) is 13.8 Å². The summed E-state index contributed by atoms with van der Waals surface area (Å²) in [5.74, 6) is -1.63. The molecule has 4 heterocycles. The van der Waals surface area contributed by atoms with E-state index in [0.29, 0.717) is 24.7 Å². The molecule has 0 aromatic heterocycles. The number of fused-ring (bicyclic) bond motifs is 7. The van der Waals surface area contributed by atoms with Crippen LogP contribution in [0.2, 0.25) is 0 Å². The second-order valence-corrected chi connectivity index (χ2v) is 18.8. The molecule has 308 valence electrons. The van der Waals surface area contributed by atoms with Gasteiger partial charge in [0.2, 0.25) is 5.79 Å². The van der Waals surface area contributed by atoms with Crippen LogP contribution < -0.4 is 0 Å². The van der Waals surface area contributed by atoms with E-state index in [-0.39, 0.29) is 53.0 Å². The zero-order chi connectivity index (χ0) is 38.8. The highest BCUT2D eigenvalue weighted by Gasteiger charge is 2.74. The number of aliphatic hydroxyl groups excluding tert-OH is 8. The van der Waals surface area contributed by atoms with E-state index < -0.39 is 98.0 Å². The molecule has 0 unspecified atom stereocenters. The third kappa shape index (κ3) is 5.81. The van der Waals surface area contributed by atoms with Gasteiger partial charge in [0.05, 0.1) is 36.9 Å². The first-order valence-electron chi connectivity index (χ1n) is 20.4. The minimum absolute atomic E-state index is 0.00439. The first-order valence-corrected chi connectivity index (χ1v) is 20.4. The van der Waals surface area contributed by atoms with Crippen molar-refractivity contribution in [3.8, 4) is 0 Å². The Morgan fingerprint density at radius 3 is 2.19 bits per heavy atom. The van der Waals surface area contributed by atoms with E-state index in [4.69, 9.17) is 28.4 Å². The van der Waals surface area contributed by atoms with Crippen LogP contribution in [-0.4, -0.2) is 145 Å². The Morgan fingerprint density at radius 2 is 1.46 bits per heavy atom. The van der Waals surface area contributed by atoms with Gasteiger partial charge < -0.3 is 69.3 Å². The number of aliphatic hydroxyl groups is 8. The topological polar surface area (TPSA) is 234 Å². The van der Waals surface area contributed by atoms with Crippen LogP contribution in [0.25, 0.3) is 0 Å². The standard InChI is InChI=1S/C39H62O15/c1-15-12-23(41)39(54-34(15)48)16(2)24-32(53-39)28(44)25-20-7-6-18-13-19(8-10-37(18,4)21(20)9-11-38(24,25)5)50-36-33(30(46)27(43)22(14-40)51-36)52-35-31(47)29(45)26(42)17(3)49-35/h15-33,35-36,40-47H,6-14H2,1-5H3/t15-,16+,17+,18+,19+,20-,21+,22-,23+,24+,25-,26+,27-,28-,29-,30+,31-,32-,33-,35+,36-,37+,38-,39-/m1/s1. The van der Waals surface area contributed by atoms with Crippen molar-refractivity contribution in [2.24, 2.45) is 52.3 Å². The van der Waals surface area contributed by atoms with Gasteiger partial charge in [-0.3, -0.25) is 4.79 Å². The fraction of sp³-hybridized carbons (Fsp3) is 0.974. The van der Waals surface area contributed by atoms with Crippen LogP contribution in [0.4, 0.5) is 0 Å². The summed E-state index contributed by atoms with van der Waals surface area (Å²) in [4.78, 5) is 12.7. The van der Waals surface area contributed by atoms with Gasteiger partial charge >= 0.3 is 5.97 Å². The number of hydrogen-bond donors (Lipinski definition) is 8. The van der Waals surface area contributed by atoms with E-state index in [1.807, 2.05) is 6.92 Å². The fourth-order valence-corrected chi connectivity index (χ4v) is 13.2. The van der Waals surface area contributed by atoms with Crippen LogP contribution in [0.1, 0.15) is 86.0 Å². The molecule has 1 spiro atoms. The molecule has 4 aliphatic carbocycles. The molecule has 0 bridgehead atoms. The third-order valence-corrected chi connectivity index (χ3v) is 16.2. The Morgan fingerprint density at radius 1 is 0.741 bits per heavy atom. The van der Waals surface area contributed by atoms with Crippen LogP contribution in [0.3, 0.4) is 0 Å². The lowest BCUT2D eigenvalue weighted by Gasteiger charge is -2.61. The summed E-state index contributed by atoms with van der Waals surface area (Å²) in [6.07, 6.45) is -10.0. The van der Waals surface area contributed by atoms with Gasteiger partial charge in [-0.25, -0.2) is 0 Å². The van der Waals surface area contributed by atoms with E-state index in [9.17, 15) is 45.6 Å². The quantitative estimate of drug-likeness (QED) is 0.135. The average Bonchev–Trinajstić information content (AvgIpc) is 3.55. The van der Waals surface area contributed by atoms with E-state index in [1.54, 1.807) is 6.92 Å². The second kappa shape index (κ2) is 14.1. The van der Waals surface area contributed by atoms with Crippen LogP contribution in [0, 0.1) is 52.3 Å². The van der Waals surface area contributed by atoms with Gasteiger partial charge in [-0.2, -0.15) is 0 Å². The number of esters is 1. The molecule has 15 heteroatoms. The van der Waals surface area contributed by atoms with Gasteiger partial charge in [-0.15, -0.1) is 0 Å². The number of rotatable bonds is 5. The monoisotopic (exact) mass is 770 g/mol. The lowest BCUT2D eigenvalue weighted by Crippen LogP contribution is -2.64. The van der Waals surface area contributed by atoms with Crippen molar-refractivity contribution in [2.45, 2.75) is 178 Å². The maximum absolute atomic E-state index is 12.7. The highest BCUT2D eigenvalue weighted by atomic mass is 16.8. The van der Waals surface area contributed by atoms with E-state index in [0.717, 1.165) is 32.1 Å². The molecule has 8 fully saturated rings. The molecular weight excluding hydrogens is 708 g/mol. The van der Waals surface area contributed by atoms with Crippen molar-refractivity contribution in [3.05, 3.63) is 0 Å². The van der Waals surface area contributed by atoms with Gasteiger partial charge in [0.1, 0.15) is 48.8 Å². The van der Waals surface area contributed by atoms with Crippen LogP contribution in [-0.2, 0) is 33.2 Å². The average molecular weight is 771 g/mol. The molecule has 24 atom stereocenters. The lowest BCUT2D eigenvalue weighted by molar-refractivity contribution is -0.371. The Bertz CT molecular complexity index is 1400. The molecule has 8 aliphatic rings. The highest BCUT2D eigenvalue weighted by Crippen LogP contribution is 2.71. The summed E-state index contributed by atoms with van der Waals surface area (Å²) in [5, 5.41) is 86.3. The molecule has 0 radical (unpaired) electrons. The molecule has 4 saturated carbocycles. The predicted octanol–water partition coefficient (Wildman–Crippen LogP) is -0.0620. The predicted molar refractivity (Wildman–Crippen MR) is 184 cm³/mol. The zero-order valence-corrected chi connectivity index (χ0v) is 31.9. The lowest BCUT2D eigenvalue weighted by atomic mass is 9.44. The molecule has 4 saturated heterocycles. The summed E-state index contributed by atoms with van der Waals surface area (Å²) in [6, 6.07) is 0. The molecule has 4 aliphatic heterocycles. The molecule has 15 nitrogen and oxygen atoms in total. The molecule has 8 N–H and O–H groups in total. The fourth-order valence-electron chi connectivity index (χ4n) is 13.2. The maximum atomic E-state index is 12.7. The molecule has 0 aromatic rings. The Kier molecular flexibility index (Phi) is 10.3. The summed E-state index contributed by atoms with van der Waals surface area (Å²) >= 11 is 0. The SMILES string of the molecule is C[C@@H]1C[C@H](O)[C@@]2(OC1=O)O[C@H]1[C@H](O)[C@H]3[C@@H]4CC[C@H]5C[C@@H](O[C@@H]6O[C@H](CO)[C@@H](O)[C@H](O)[C@H]6O[C@@H]6O[C@@H](C)[C@H](O)[C@@H](O)[C@H]6O)CC[C@]5(C)[C@H]4CC[C@]3(C)[C@H]1[C@@H]2C. The molecule has 0 amide bonds. The summed E-state index contributed by atoms with van der Waals surface area (Å²) < 4.78 is 36.5. The van der Waals surface area contributed by atoms with Crippen molar-refractivity contribution >= 4 is 5.97 Å². The van der Waals surface area contributed by atoms with Gasteiger partial charge in [-0.05, 0) is 92.8 Å². The van der Waals surface area contributed by atoms with Crippen LogP contribution in [0.5, 0.6) is 0 Å². The Balaban J connectivity index is 0.963. The normalized spacial score (nSPS) is 59.9. The van der Waals surface area contributed by atoms with E-state index >= 15 is 0 Å². The van der Waals surface area contributed by atoms with Crippen molar-refractivity contribution < 1.29 is 74.1 Å². The first-order chi connectivity index (χ1) is 25.5. The Hall–Kier alpha value is -1.05. The minimum Gasteiger partial charge on any atom is -0.430 e. The molecule has 54 heavy (non-hydrogen) atoms. The second-order valence-electron chi connectivity index (χ2n) is 18.8. The smallest absolute Gasteiger partial charge is 0.311 e. The van der Waals surface area contributed by atoms with Crippen molar-refractivity contribution in [2.75, 3.05) is 6.61 Å². The summed E-state index contributed by atoms with van der Waals surface area (Å²) in [5.41, 5.74) is -0.281. The van der Waals surface area contributed by atoms with Crippen LogP contribution in [0.15, 0.2) is 0 Å². The molecule has 8 rings (SSSR count).